The van der Waals surface area contributed by atoms with Crippen molar-refractivity contribution in [3.8, 4) is 0 Å². The molecule has 3 aliphatic heterocycles. The van der Waals surface area contributed by atoms with E-state index < -0.39 is 0 Å². The summed E-state index contributed by atoms with van der Waals surface area (Å²) in [7, 11) is 0. The molecule has 5 rings (SSSR count). The third-order valence-electron chi connectivity index (χ3n) is 6.05. The maximum atomic E-state index is 12.7. The van der Waals surface area contributed by atoms with Gasteiger partial charge in [-0.25, -0.2) is 4.68 Å². The lowest BCUT2D eigenvalue weighted by Crippen LogP contribution is -2.49. The van der Waals surface area contributed by atoms with Crippen LogP contribution in [0.15, 0.2) is 30.5 Å². The van der Waals surface area contributed by atoms with Crippen molar-refractivity contribution in [3.63, 3.8) is 0 Å². The largest absolute Gasteiger partial charge is 0.370 e. The first kappa shape index (κ1) is 16.9. The van der Waals surface area contributed by atoms with Crippen LogP contribution in [0.4, 0.5) is 0 Å². The van der Waals surface area contributed by atoms with Crippen molar-refractivity contribution in [2.24, 2.45) is 0 Å². The van der Waals surface area contributed by atoms with Crippen LogP contribution in [0, 0.1) is 0 Å². The van der Waals surface area contributed by atoms with Crippen LogP contribution < -0.4 is 0 Å². The summed E-state index contributed by atoms with van der Waals surface area (Å²) in [6, 6.07) is 8.71. The number of nitrogens with zero attached hydrogens (tertiary/aromatic N) is 5. The molecule has 4 heterocycles. The SMILES string of the molecule is O=C(CCCN1Cc2ccccc2C1)N1CC[C@H]2OCc3cnnn3[C@@H]2C1. The van der Waals surface area contributed by atoms with Crippen molar-refractivity contribution in [3.05, 3.63) is 47.3 Å². The highest BCUT2D eigenvalue weighted by molar-refractivity contribution is 5.76. The first-order chi connectivity index (χ1) is 13.3. The molecule has 1 aromatic carbocycles. The van der Waals surface area contributed by atoms with E-state index in [1.165, 1.54) is 11.1 Å². The van der Waals surface area contributed by atoms with Crippen molar-refractivity contribution in [1.82, 2.24) is 24.8 Å². The van der Waals surface area contributed by atoms with E-state index in [1.54, 1.807) is 6.20 Å². The summed E-state index contributed by atoms with van der Waals surface area (Å²) < 4.78 is 7.88. The number of amides is 1. The van der Waals surface area contributed by atoms with E-state index in [2.05, 4.69) is 39.5 Å². The molecule has 27 heavy (non-hydrogen) atoms. The van der Waals surface area contributed by atoms with E-state index in [1.807, 2.05) is 9.58 Å². The molecule has 0 aliphatic carbocycles. The number of rotatable bonds is 4. The summed E-state index contributed by atoms with van der Waals surface area (Å²) in [4.78, 5) is 17.2. The fourth-order valence-electron chi connectivity index (χ4n) is 4.58. The number of aromatic nitrogens is 3. The molecule has 0 bridgehead atoms. The zero-order chi connectivity index (χ0) is 18.2. The van der Waals surface area contributed by atoms with Crippen molar-refractivity contribution in [2.75, 3.05) is 19.6 Å². The van der Waals surface area contributed by atoms with E-state index in [9.17, 15) is 4.79 Å². The summed E-state index contributed by atoms with van der Waals surface area (Å²) in [5.41, 5.74) is 3.85. The van der Waals surface area contributed by atoms with Crippen molar-refractivity contribution in [1.29, 1.82) is 0 Å². The minimum atomic E-state index is 0.0991. The quantitative estimate of drug-likeness (QED) is 0.824. The number of hydrogen-bond acceptors (Lipinski definition) is 5. The number of piperidine rings is 1. The maximum Gasteiger partial charge on any atom is 0.222 e. The molecule has 2 atom stereocenters. The average Bonchev–Trinajstić information content (AvgIpc) is 3.33. The Kier molecular flexibility index (Phi) is 4.41. The second-order valence-corrected chi connectivity index (χ2v) is 7.80. The Morgan fingerprint density at radius 1 is 1.22 bits per heavy atom. The van der Waals surface area contributed by atoms with Crippen molar-refractivity contribution in [2.45, 2.75) is 51.1 Å². The molecule has 0 saturated carbocycles. The standard InChI is InChI=1S/C20H25N5O2/c26-20(6-3-8-23-11-15-4-1-2-5-16(15)12-23)24-9-7-19-18(13-24)25-17(14-27-19)10-21-22-25/h1-2,4-5,10,18-19H,3,6-9,11-14H2/t18-,19-/m1/s1. The first-order valence-corrected chi connectivity index (χ1v) is 9.85. The van der Waals surface area contributed by atoms with Gasteiger partial charge in [0.25, 0.3) is 0 Å². The van der Waals surface area contributed by atoms with Crippen LogP contribution >= 0.6 is 0 Å². The molecule has 0 unspecified atom stereocenters. The number of carbonyl (C=O) groups is 1. The monoisotopic (exact) mass is 367 g/mol. The van der Waals surface area contributed by atoms with Gasteiger partial charge in [-0.3, -0.25) is 9.69 Å². The highest BCUT2D eigenvalue weighted by atomic mass is 16.5. The number of likely N-dealkylation sites (tertiary alicyclic amines) is 1. The molecule has 2 aromatic rings. The summed E-state index contributed by atoms with van der Waals surface area (Å²) in [5, 5.41) is 8.21. The van der Waals surface area contributed by atoms with Crippen LogP contribution in [0.2, 0.25) is 0 Å². The summed E-state index contributed by atoms with van der Waals surface area (Å²) in [6.07, 6.45) is 4.28. The van der Waals surface area contributed by atoms with Crippen LogP contribution in [0.3, 0.4) is 0 Å². The molecule has 1 aromatic heterocycles. The lowest BCUT2D eigenvalue weighted by molar-refractivity contribution is -0.138. The van der Waals surface area contributed by atoms with Gasteiger partial charge in [-0.1, -0.05) is 29.5 Å². The second-order valence-electron chi connectivity index (χ2n) is 7.80. The Morgan fingerprint density at radius 2 is 2.04 bits per heavy atom. The molecule has 0 N–H and O–H groups in total. The Bertz CT molecular complexity index is 810. The van der Waals surface area contributed by atoms with Crippen molar-refractivity contribution < 1.29 is 9.53 Å². The molecule has 1 fully saturated rings. The van der Waals surface area contributed by atoms with Gasteiger partial charge in [-0.15, -0.1) is 5.10 Å². The Hall–Kier alpha value is -2.25. The molecular formula is C20H25N5O2. The maximum absolute atomic E-state index is 12.7. The van der Waals surface area contributed by atoms with Gasteiger partial charge < -0.3 is 9.64 Å². The first-order valence-electron chi connectivity index (χ1n) is 9.85. The Balaban J connectivity index is 1.13. The number of benzene rings is 1. The number of ether oxygens (including phenoxy) is 1. The molecule has 0 radical (unpaired) electrons. The van der Waals surface area contributed by atoms with Gasteiger partial charge in [-0.05, 0) is 30.5 Å². The topological polar surface area (TPSA) is 63.5 Å². The lowest BCUT2D eigenvalue weighted by atomic mass is 10.00. The molecule has 1 saturated heterocycles. The van der Waals surface area contributed by atoms with Gasteiger partial charge in [0, 0.05) is 32.6 Å². The molecule has 0 spiro atoms. The van der Waals surface area contributed by atoms with Gasteiger partial charge in [0.1, 0.15) is 0 Å². The molecular weight excluding hydrogens is 342 g/mol. The smallest absolute Gasteiger partial charge is 0.222 e. The second kappa shape index (κ2) is 7.05. The Labute approximate surface area is 158 Å². The third-order valence-corrected chi connectivity index (χ3v) is 6.05. The van der Waals surface area contributed by atoms with Gasteiger partial charge in [0.2, 0.25) is 5.91 Å². The summed E-state index contributed by atoms with van der Waals surface area (Å²) in [6.45, 7) is 5.00. The molecule has 1 amide bonds. The van der Waals surface area contributed by atoms with Crippen molar-refractivity contribution >= 4 is 5.91 Å². The molecule has 142 valence electrons. The Morgan fingerprint density at radius 3 is 2.85 bits per heavy atom. The number of fused-ring (bicyclic) bond motifs is 4. The van der Waals surface area contributed by atoms with Gasteiger partial charge in [0.05, 0.1) is 30.6 Å². The highest BCUT2D eigenvalue weighted by Crippen LogP contribution is 2.30. The van der Waals surface area contributed by atoms with E-state index in [4.69, 9.17) is 4.74 Å². The predicted molar refractivity (Wildman–Crippen MR) is 98.6 cm³/mol. The van der Waals surface area contributed by atoms with Gasteiger partial charge in [0.15, 0.2) is 0 Å². The number of hydrogen-bond donors (Lipinski definition) is 0. The van der Waals surface area contributed by atoms with E-state index in [0.717, 1.165) is 44.7 Å². The van der Waals surface area contributed by atoms with Gasteiger partial charge in [-0.2, -0.15) is 0 Å². The van der Waals surface area contributed by atoms with E-state index in [0.29, 0.717) is 19.6 Å². The van der Waals surface area contributed by atoms with Crippen LogP contribution in [0.1, 0.15) is 42.1 Å². The molecule has 7 nitrogen and oxygen atoms in total. The normalized spacial score (nSPS) is 24.4. The van der Waals surface area contributed by atoms with E-state index in [-0.39, 0.29) is 18.1 Å². The van der Waals surface area contributed by atoms with Crippen LogP contribution in [-0.2, 0) is 29.2 Å². The zero-order valence-corrected chi connectivity index (χ0v) is 15.5. The fraction of sp³-hybridized carbons (Fsp3) is 0.550. The lowest BCUT2D eigenvalue weighted by Gasteiger charge is -2.41. The van der Waals surface area contributed by atoms with Crippen LogP contribution in [0.5, 0.6) is 0 Å². The third kappa shape index (κ3) is 3.26. The number of carbonyl (C=O) groups excluding carboxylic acids is 1. The van der Waals surface area contributed by atoms with Crippen LogP contribution in [-0.4, -0.2) is 56.4 Å². The zero-order valence-electron chi connectivity index (χ0n) is 15.5. The molecule has 3 aliphatic rings. The summed E-state index contributed by atoms with van der Waals surface area (Å²) in [5.74, 6) is 0.248. The van der Waals surface area contributed by atoms with Crippen LogP contribution in [0.25, 0.3) is 0 Å². The molecule has 7 heteroatoms. The van der Waals surface area contributed by atoms with E-state index >= 15 is 0 Å². The summed E-state index contributed by atoms with van der Waals surface area (Å²) >= 11 is 0. The minimum Gasteiger partial charge on any atom is -0.370 e. The van der Waals surface area contributed by atoms with Gasteiger partial charge >= 0.3 is 0 Å². The predicted octanol–water partition coefficient (Wildman–Crippen LogP) is 1.75. The minimum absolute atomic E-state index is 0.0991. The average molecular weight is 367 g/mol. The fourth-order valence-corrected chi connectivity index (χ4v) is 4.58. The highest BCUT2D eigenvalue weighted by Gasteiger charge is 2.37.